The maximum Gasteiger partial charge on any atom is 0.314 e. The number of carbonyl (C=O) groups excluding carboxylic acids is 1. The second-order valence-electron chi connectivity index (χ2n) is 7.75. The minimum Gasteiger partial charge on any atom is -0.481 e. The number of hydrogen-bond acceptors (Lipinski definition) is 5. The average Bonchev–Trinajstić information content (AvgIpc) is 2.70. The van der Waals surface area contributed by atoms with E-state index in [2.05, 4.69) is 9.97 Å². The van der Waals surface area contributed by atoms with Gasteiger partial charge in [0.2, 0.25) is 0 Å². The summed E-state index contributed by atoms with van der Waals surface area (Å²) in [6, 6.07) is 9.84. The van der Waals surface area contributed by atoms with Crippen LogP contribution in [-0.2, 0) is 11.2 Å². The van der Waals surface area contributed by atoms with Crippen molar-refractivity contribution >= 4 is 11.9 Å². The fraction of sp³-hybridized carbons (Fsp3) is 0.455. The van der Waals surface area contributed by atoms with E-state index in [4.69, 9.17) is 0 Å². The first-order valence-electron chi connectivity index (χ1n) is 9.88. The zero-order valence-electron chi connectivity index (χ0n) is 16.8. The van der Waals surface area contributed by atoms with Crippen molar-refractivity contribution in [2.45, 2.75) is 45.6 Å². The molecule has 0 saturated carbocycles. The minimum absolute atomic E-state index is 0.0229. The van der Waals surface area contributed by atoms with Crippen LogP contribution >= 0.6 is 0 Å². The molecule has 0 bridgehead atoms. The molecule has 1 saturated heterocycles. The number of benzene rings is 1. The lowest BCUT2D eigenvalue weighted by Crippen LogP contribution is -2.57. The van der Waals surface area contributed by atoms with E-state index in [0.29, 0.717) is 36.3 Å². The molecule has 0 unspecified atom stereocenters. The van der Waals surface area contributed by atoms with Gasteiger partial charge in [-0.25, -0.2) is 9.97 Å². The number of carboxylic acids is 1. The van der Waals surface area contributed by atoms with E-state index in [9.17, 15) is 19.8 Å². The summed E-state index contributed by atoms with van der Waals surface area (Å²) in [6.45, 7) is 3.77. The molecule has 1 aromatic heterocycles. The van der Waals surface area contributed by atoms with Crippen molar-refractivity contribution in [2.24, 2.45) is 5.41 Å². The number of carbonyl (C=O) groups is 2. The number of amides is 1. The van der Waals surface area contributed by atoms with Gasteiger partial charge in [-0.2, -0.15) is 0 Å². The molecule has 0 aliphatic carbocycles. The van der Waals surface area contributed by atoms with Crippen LogP contribution in [0.25, 0.3) is 0 Å². The molecule has 154 valence electrons. The quantitative estimate of drug-likeness (QED) is 0.776. The molecule has 1 aliphatic rings. The van der Waals surface area contributed by atoms with Gasteiger partial charge in [0.25, 0.3) is 5.91 Å². The molecule has 0 spiro atoms. The number of aromatic nitrogens is 2. The second kappa shape index (κ2) is 8.69. The largest absolute Gasteiger partial charge is 0.481 e. The molecule has 7 heteroatoms. The van der Waals surface area contributed by atoms with Crippen LogP contribution in [-0.4, -0.2) is 56.2 Å². The van der Waals surface area contributed by atoms with Gasteiger partial charge in [0.1, 0.15) is 11.7 Å². The Kier molecular flexibility index (Phi) is 6.27. The fourth-order valence-corrected chi connectivity index (χ4v) is 4.13. The molecular weight excluding hydrogens is 370 g/mol. The SMILES string of the molecule is Cc1ncnc(C)c1C(=O)N1CC[C@@H](O)[C@](CCCc2ccccc2)(C(=O)O)C1. The number of likely N-dealkylation sites (tertiary alicyclic amines) is 1. The van der Waals surface area contributed by atoms with Crippen molar-refractivity contribution in [3.8, 4) is 0 Å². The molecule has 3 rings (SSSR count). The summed E-state index contributed by atoms with van der Waals surface area (Å²) in [7, 11) is 0. The van der Waals surface area contributed by atoms with Crippen LogP contribution in [0.4, 0.5) is 0 Å². The van der Waals surface area contributed by atoms with E-state index < -0.39 is 17.5 Å². The van der Waals surface area contributed by atoms with Gasteiger partial charge in [-0.05, 0) is 45.1 Å². The molecule has 1 aliphatic heterocycles. The van der Waals surface area contributed by atoms with Gasteiger partial charge in [-0.15, -0.1) is 0 Å². The number of hydrogen-bond donors (Lipinski definition) is 2. The van der Waals surface area contributed by atoms with E-state index >= 15 is 0 Å². The Hall–Kier alpha value is -2.80. The normalized spacial score (nSPS) is 21.8. The molecular formula is C22H27N3O4. The van der Waals surface area contributed by atoms with E-state index in [1.165, 1.54) is 11.2 Å². The summed E-state index contributed by atoms with van der Waals surface area (Å²) in [5, 5.41) is 20.6. The molecule has 29 heavy (non-hydrogen) atoms. The molecule has 1 aromatic carbocycles. The van der Waals surface area contributed by atoms with Crippen LogP contribution in [0.1, 0.15) is 46.6 Å². The minimum atomic E-state index is -1.37. The fourth-order valence-electron chi connectivity index (χ4n) is 4.13. The lowest BCUT2D eigenvalue weighted by atomic mass is 9.73. The lowest BCUT2D eigenvalue weighted by Gasteiger charge is -2.43. The van der Waals surface area contributed by atoms with Crippen LogP contribution in [0.5, 0.6) is 0 Å². The van der Waals surface area contributed by atoms with E-state index in [1.54, 1.807) is 13.8 Å². The van der Waals surface area contributed by atoms with Gasteiger partial charge in [0.05, 0.1) is 23.1 Å². The molecule has 1 fully saturated rings. The third-order valence-corrected chi connectivity index (χ3v) is 5.87. The summed E-state index contributed by atoms with van der Waals surface area (Å²) < 4.78 is 0. The highest BCUT2D eigenvalue weighted by Gasteiger charge is 2.50. The highest BCUT2D eigenvalue weighted by atomic mass is 16.4. The number of piperidine rings is 1. The van der Waals surface area contributed by atoms with Crippen molar-refractivity contribution < 1.29 is 19.8 Å². The number of aliphatic hydroxyl groups is 1. The Morgan fingerprint density at radius 1 is 1.17 bits per heavy atom. The molecule has 7 nitrogen and oxygen atoms in total. The number of aliphatic hydroxyl groups excluding tert-OH is 1. The van der Waals surface area contributed by atoms with Crippen LogP contribution in [0.3, 0.4) is 0 Å². The summed E-state index contributed by atoms with van der Waals surface area (Å²) in [4.78, 5) is 35.1. The van der Waals surface area contributed by atoms with Crippen LogP contribution in [0.2, 0.25) is 0 Å². The maximum absolute atomic E-state index is 13.1. The van der Waals surface area contributed by atoms with Crippen molar-refractivity contribution in [1.29, 1.82) is 0 Å². The predicted molar refractivity (Wildman–Crippen MR) is 107 cm³/mol. The summed E-state index contributed by atoms with van der Waals surface area (Å²) in [5.41, 5.74) is 1.30. The number of carboxylic acid groups (broad SMARTS) is 1. The van der Waals surface area contributed by atoms with E-state index in [1.807, 2.05) is 30.3 Å². The molecule has 1 amide bonds. The highest BCUT2D eigenvalue weighted by Crippen LogP contribution is 2.37. The van der Waals surface area contributed by atoms with E-state index in [0.717, 1.165) is 12.0 Å². The number of nitrogens with zero attached hydrogens (tertiary/aromatic N) is 3. The van der Waals surface area contributed by atoms with E-state index in [-0.39, 0.29) is 18.9 Å². The number of aliphatic carboxylic acids is 1. The van der Waals surface area contributed by atoms with Crippen LogP contribution in [0, 0.1) is 19.3 Å². The Labute approximate surface area is 170 Å². The van der Waals surface area contributed by atoms with Gasteiger partial charge < -0.3 is 15.1 Å². The monoisotopic (exact) mass is 397 g/mol. The van der Waals surface area contributed by atoms with Crippen molar-refractivity contribution in [3.63, 3.8) is 0 Å². The Morgan fingerprint density at radius 2 is 1.83 bits per heavy atom. The topological polar surface area (TPSA) is 104 Å². The van der Waals surface area contributed by atoms with Crippen molar-refractivity contribution in [2.75, 3.05) is 13.1 Å². The predicted octanol–water partition coefficient (Wildman–Crippen LogP) is 2.39. The first-order chi connectivity index (χ1) is 13.8. The Bertz CT molecular complexity index is 867. The van der Waals surface area contributed by atoms with Gasteiger partial charge in [-0.1, -0.05) is 30.3 Å². The molecule has 2 heterocycles. The molecule has 0 radical (unpaired) electrons. The van der Waals surface area contributed by atoms with Crippen molar-refractivity contribution in [3.05, 3.63) is 59.2 Å². The van der Waals surface area contributed by atoms with Crippen LogP contribution in [0.15, 0.2) is 36.7 Å². The van der Waals surface area contributed by atoms with Gasteiger partial charge in [0.15, 0.2) is 0 Å². The maximum atomic E-state index is 13.1. The first kappa shape index (κ1) is 20.9. The summed E-state index contributed by atoms with van der Waals surface area (Å²) in [5.74, 6) is -1.34. The lowest BCUT2D eigenvalue weighted by molar-refractivity contribution is -0.162. The second-order valence-corrected chi connectivity index (χ2v) is 7.75. The van der Waals surface area contributed by atoms with Crippen LogP contribution < -0.4 is 0 Å². The Balaban J connectivity index is 1.79. The van der Waals surface area contributed by atoms with Gasteiger partial charge >= 0.3 is 5.97 Å². The zero-order chi connectivity index (χ0) is 21.0. The van der Waals surface area contributed by atoms with Crippen molar-refractivity contribution in [1.82, 2.24) is 14.9 Å². The highest BCUT2D eigenvalue weighted by molar-refractivity contribution is 5.96. The molecule has 2 atom stereocenters. The molecule has 2 aromatic rings. The number of aryl methyl sites for hydroxylation is 3. The standard InChI is InChI=1S/C22H27N3O4/c1-15-19(16(2)24-14-23-15)20(27)25-12-10-18(26)22(13-25,21(28)29)11-6-9-17-7-4-3-5-8-17/h3-5,7-8,14,18,26H,6,9-13H2,1-2H3,(H,28,29)/t18-,22-/m1/s1. The third kappa shape index (κ3) is 4.29. The summed E-state index contributed by atoms with van der Waals surface area (Å²) >= 11 is 0. The average molecular weight is 397 g/mol. The molecule has 2 N–H and O–H groups in total. The first-order valence-corrected chi connectivity index (χ1v) is 9.88. The smallest absolute Gasteiger partial charge is 0.314 e. The third-order valence-electron chi connectivity index (χ3n) is 5.87. The Morgan fingerprint density at radius 3 is 2.45 bits per heavy atom. The zero-order valence-corrected chi connectivity index (χ0v) is 16.8. The summed E-state index contributed by atoms with van der Waals surface area (Å²) in [6.07, 6.45) is 2.28. The number of rotatable bonds is 6. The van der Waals surface area contributed by atoms with Gasteiger partial charge in [-0.3, -0.25) is 9.59 Å². The van der Waals surface area contributed by atoms with Gasteiger partial charge in [0, 0.05) is 13.1 Å².